The second-order valence-corrected chi connectivity index (χ2v) is 8.79. The van der Waals surface area contributed by atoms with Gasteiger partial charge in [-0.25, -0.2) is 9.78 Å². The van der Waals surface area contributed by atoms with Gasteiger partial charge in [0.25, 0.3) is 5.91 Å². The number of aryl methyl sites for hydroxylation is 1. The predicted molar refractivity (Wildman–Crippen MR) is 129 cm³/mol. The number of benzene rings is 2. The van der Waals surface area contributed by atoms with Crippen LogP contribution in [-0.2, 0) is 4.74 Å². The van der Waals surface area contributed by atoms with Crippen molar-refractivity contribution < 1.29 is 14.3 Å². The van der Waals surface area contributed by atoms with Crippen molar-refractivity contribution in [3.05, 3.63) is 82.7 Å². The topological polar surface area (TPSA) is 68.3 Å². The Hall–Kier alpha value is -3.51. The number of fused-ring (bicyclic) bond motifs is 1. The maximum atomic E-state index is 13.2. The Morgan fingerprint density at radius 3 is 2.53 bits per heavy atom. The fraction of sp³-hybridized carbons (Fsp3) is 0.192. The second kappa shape index (κ2) is 9.75. The Bertz CT molecular complexity index is 1260. The maximum Gasteiger partial charge on any atom is 0.338 e. The summed E-state index contributed by atoms with van der Waals surface area (Å²) in [7, 11) is 0. The number of ether oxygens (including phenoxy) is 1. The fourth-order valence-corrected chi connectivity index (χ4v) is 4.17. The van der Waals surface area contributed by atoms with E-state index in [2.05, 4.69) is 5.32 Å². The average Bonchev–Trinajstić information content (AvgIpc) is 3.25. The van der Waals surface area contributed by atoms with Crippen molar-refractivity contribution in [3.8, 4) is 10.6 Å². The summed E-state index contributed by atoms with van der Waals surface area (Å²) in [5.74, 6) is -0.580. The average molecular weight is 445 g/mol. The molecule has 0 spiro atoms. The van der Waals surface area contributed by atoms with Crippen LogP contribution in [0.25, 0.3) is 21.5 Å². The number of nitrogens with one attached hydrogen (secondary N) is 1. The third kappa shape index (κ3) is 4.86. The summed E-state index contributed by atoms with van der Waals surface area (Å²) in [6, 6.07) is 20.3. The molecule has 2 heterocycles. The van der Waals surface area contributed by atoms with Crippen molar-refractivity contribution in [2.75, 3.05) is 11.9 Å². The van der Waals surface area contributed by atoms with Crippen LogP contribution in [0.4, 0.5) is 5.69 Å². The highest BCUT2D eigenvalue weighted by Crippen LogP contribution is 2.30. The quantitative estimate of drug-likeness (QED) is 0.262. The molecule has 4 rings (SSSR count). The Balaban J connectivity index is 1.58. The lowest BCUT2D eigenvalue weighted by Gasteiger charge is -2.10. The van der Waals surface area contributed by atoms with E-state index >= 15 is 0 Å². The van der Waals surface area contributed by atoms with E-state index in [0.717, 1.165) is 34.3 Å². The van der Waals surface area contributed by atoms with Crippen molar-refractivity contribution in [1.82, 2.24) is 4.98 Å². The molecule has 1 N–H and O–H groups in total. The Labute approximate surface area is 191 Å². The van der Waals surface area contributed by atoms with Crippen molar-refractivity contribution in [2.24, 2.45) is 0 Å². The molecule has 0 aliphatic heterocycles. The van der Waals surface area contributed by atoms with E-state index in [-0.39, 0.29) is 11.9 Å². The molecule has 0 atom stereocenters. The molecule has 162 valence electrons. The molecule has 6 heteroatoms. The van der Waals surface area contributed by atoms with Gasteiger partial charge in [0, 0.05) is 16.0 Å². The van der Waals surface area contributed by atoms with E-state index < -0.39 is 0 Å². The first-order valence-corrected chi connectivity index (χ1v) is 11.4. The summed E-state index contributed by atoms with van der Waals surface area (Å²) in [5.41, 5.74) is 3.17. The minimum absolute atomic E-state index is 0.226. The van der Waals surface area contributed by atoms with Crippen molar-refractivity contribution >= 4 is 39.8 Å². The number of thiophene rings is 1. The van der Waals surface area contributed by atoms with Crippen molar-refractivity contribution in [3.63, 3.8) is 0 Å². The van der Waals surface area contributed by atoms with Crippen molar-refractivity contribution in [2.45, 2.75) is 26.7 Å². The first-order valence-electron chi connectivity index (χ1n) is 10.6. The second-order valence-electron chi connectivity index (χ2n) is 7.50. The highest BCUT2D eigenvalue weighted by atomic mass is 32.1. The number of anilines is 1. The molecular formula is C26H24N2O3S. The van der Waals surface area contributed by atoms with Gasteiger partial charge in [0.05, 0.1) is 33.8 Å². The molecule has 0 aliphatic carbocycles. The SMILES string of the molecule is CCCCOC(=O)c1ccc(NC(=O)c2cc(-c3ccc(C)s3)nc3ccccc23)cc1. The zero-order valence-corrected chi connectivity index (χ0v) is 18.9. The highest BCUT2D eigenvalue weighted by Gasteiger charge is 2.15. The third-order valence-corrected chi connectivity index (χ3v) is 6.09. The number of aromatic nitrogens is 1. The summed E-state index contributed by atoms with van der Waals surface area (Å²) in [4.78, 5) is 32.2. The molecule has 4 aromatic rings. The lowest BCUT2D eigenvalue weighted by Crippen LogP contribution is -2.13. The molecule has 0 bridgehead atoms. The summed E-state index contributed by atoms with van der Waals surface area (Å²) in [6.45, 7) is 4.50. The van der Waals surface area contributed by atoms with Crippen LogP contribution in [0.15, 0.2) is 66.7 Å². The molecular weight excluding hydrogens is 420 g/mol. The van der Waals surface area contributed by atoms with Gasteiger partial charge in [0.15, 0.2) is 0 Å². The standard InChI is InChI=1S/C26H24N2O3S/c1-3-4-15-31-26(30)18-10-12-19(13-11-18)27-25(29)21-16-23(24-14-9-17(2)32-24)28-22-8-6-5-7-20(21)22/h5-14,16H,3-4,15H2,1-2H3,(H,27,29). The minimum Gasteiger partial charge on any atom is -0.462 e. The maximum absolute atomic E-state index is 13.2. The van der Waals surface area contributed by atoms with Crippen LogP contribution in [0.5, 0.6) is 0 Å². The van der Waals surface area contributed by atoms with Gasteiger partial charge in [-0.2, -0.15) is 0 Å². The van der Waals surface area contributed by atoms with Crippen LogP contribution in [0.3, 0.4) is 0 Å². The van der Waals surface area contributed by atoms with Gasteiger partial charge in [-0.15, -0.1) is 11.3 Å². The van der Waals surface area contributed by atoms with E-state index in [1.54, 1.807) is 35.6 Å². The smallest absolute Gasteiger partial charge is 0.338 e. The zero-order chi connectivity index (χ0) is 22.5. The summed E-state index contributed by atoms with van der Waals surface area (Å²) in [6.07, 6.45) is 1.81. The normalized spacial score (nSPS) is 10.8. The van der Waals surface area contributed by atoms with Gasteiger partial charge in [-0.1, -0.05) is 31.5 Å². The number of carbonyl (C=O) groups is 2. The lowest BCUT2D eigenvalue weighted by molar-refractivity contribution is 0.0499. The molecule has 0 aliphatic rings. The molecule has 1 amide bonds. The van der Waals surface area contributed by atoms with Crippen molar-refractivity contribution in [1.29, 1.82) is 0 Å². The van der Waals surface area contributed by atoms with Gasteiger partial charge in [-0.05, 0) is 61.9 Å². The van der Waals surface area contributed by atoms with Gasteiger partial charge >= 0.3 is 5.97 Å². The molecule has 0 saturated carbocycles. The van der Waals surface area contributed by atoms with E-state index in [1.165, 1.54) is 4.88 Å². The summed E-state index contributed by atoms with van der Waals surface area (Å²) in [5, 5.41) is 3.73. The molecule has 0 saturated heterocycles. The third-order valence-electron chi connectivity index (χ3n) is 5.06. The van der Waals surface area contributed by atoms with Crippen LogP contribution >= 0.6 is 11.3 Å². The summed E-state index contributed by atoms with van der Waals surface area (Å²) < 4.78 is 5.23. The first kappa shape index (κ1) is 21.7. The number of hydrogen-bond acceptors (Lipinski definition) is 5. The van der Waals surface area contributed by atoms with E-state index in [0.29, 0.717) is 23.4 Å². The number of carbonyl (C=O) groups excluding carboxylic acids is 2. The van der Waals surface area contributed by atoms with Crippen LogP contribution < -0.4 is 5.32 Å². The number of hydrogen-bond donors (Lipinski definition) is 1. The first-order chi connectivity index (χ1) is 15.5. The largest absolute Gasteiger partial charge is 0.462 e. The Morgan fingerprint density at radius 2 is 1.81 bits per heavy atom. The lowest BCUT2D eigenvalue weighted by atomic mass is 10.1. The van der Waals surface area contributed by atoms with Crippen LogP contribution in [-0.4, -0.2) is 23.5 Å². The van der Waals surface area contributed by atoms with Crippen LogP contribution in [0.1, 0.15) is 45.4 Å². The van der Waals surface area contributed by atoms with E-state index in [4.69, 9.17) is 9.72 Å². The van der Waals surface area contributed by atoms with Crippen LogP contribution in [0.2, 0.25) is 0 Å². The zero-order valence-electron chi connectivity index (χ0n) is 18.1. The fourth-order valence-electron chi connectivity index (χ4n) is 3.34. The van der Waals surface area contributed by atoms with E-state index in [1.807, 2.05) is 56.3 Å². The Morgan fingerprint density at radius 1 is 1.03 bits per heavy atom. The number of esters is 1. The van der Waals surface area contributed by atoms with Gasteiger partial charge in [-0.3, -0.25) is 4.79 Å². The molecule has 0 fully saturated rings. The molecule has 32 heavy (non-hydrogen) atoms. The number of amides is 1. The van der Waals surface area contributed by atoms with Gasteiger partial charge in [0.2, 0.25) is 0 Å². The van der Waals surface area contributed by atoms with Crippen LogP contribution in [0, 0.1) is 6.92 Å². The molecule has 0 radical (unpaired) electrons. The molecule has 2 aromatic carbocycles. The number of rotatable bonds is 7. The van der Waals surface area contributed by atoms with E-state index in [9.17, 15) is 9.59 Å². The van der Waals surface area contributed by atoms with Gasteiger partial charge in [0.1, 0.15) is 0 Å². The molecule has 0 unspecified atom stereocenters. The highest BCUT2D eigenvalue weighted by molar-refractivity contribution is 7.15. The summed E-state index contributed by atoms with van der Waals surface area (Å²) >= 11 is 1.65. The predicted octanol–water partition coefficient (Wildman–Crippen LogP) is 6.48. The van der Waals surface area contributed by atoms with Gasteiger partial charge < -0.3 is 10.1 Å². The Kier molecular flexibility index (Phi) is 6.61. The number of pyridine rings is 1. The monoisotopic (exact) mass is 444 g/mol. The molecule has 5 nitrogen and oxygen atoms in total. The molecule has 2 aromatic heterocycles. The number of para-hydroxylation sites is 1. The minimum atomic E-state index is -0.354. The number of nitrogens with zero attached hydrogens (tertiary/aromatic N) is 1. The number of unbranched alkanes of at least 4 members (excludes halogenated alkanes) is 1.